The van der Waals surface area contributed by atoms with Crippen molar-refractivity contribution < 1.29 is 14.8 Å². The lowest BCUT2D eigenvalue weighted by molar-refractivity contribution is -0.383. The van der Waals surface area contributed by atoms with Crippen molar-refractivity contribution in [1.82, 2.24) is 0 Å². The van der Waals surface area contributed by atoms with Crippen LogP contribution in [0.1, 0.15) is 6.42 Å². The first-order valence-electron chi connectivity index (χ1n) is 4.84. The molecule has 18 heavy (non-hydrogen) atoms. The highest BCUT2D eigenvalue weighted by Crippen LogP contribution is 2.29. The molecule has 0 aliphatic heterocycles. The lowest BCUT2D eigenvalue weighted by Gasteiger charge is -2.05. The van der Waals surface area contributed by atoms with Gasteiger partial charge < -0.3 is 10.4 Å². The summed E-state index contributed by atoms with van der Waals surface area (Å²) >= 11 is 0. The number of azide groups is 1. The van der Waals surface area contributed by atoms with Crippen molar-refractivity contribution in [2.75, 3.05) is 11.9 Å². The van der Waals surface area contributed by atoms with Crippen LogP contribution >= 0.6 is 0 Å². The van der Waals surface area contributed by atoms with E-state index in [0.717, 1.165) is 6.07 Å². The van der Waals surface area contributed by atoms with E-state index in [2.05, 4.69) is 15.3 Å². The van der Waals surface area contributed by atoms with Crippen LogP contribution < -0.4 is 5.32 Å². The number of aliphatic carboxylic acids is 1. The van der Waals surface area contributed by atoms with Crippen LogP contribution in [-0.2, 0) is 4.79 Å². The zero-order valence-electron chi connectivity index (χ0n) is 9.11. The van der Waals surface area contributed by atoms with Gasteiger partial charge in [-0.05, 0) is 11.6 Å². The van der Waals surface area contributed by atoms with Gasteiger partial charge in [-0.3, -0.25) is 14.9 Å². The molecule has 9 heteroatoms. The van der Waals surface area contributed by atoms with E-state index in [0.29, 0.717) is 0 Å². The molecule has 0 unspecified atom stereocenters. The maximum Gasteiger partial charge on any atom is 0.305 e. The number of benzene rings is 1. The van der Waals surface area contributed by atoms with Crippen LogP contribution in [0.5, 0.6) is 0 Å². The molecule has 94 valence electrons. The van der Waals surface area contributed by atoms with Crippen LogP contribution in [0, 0.1) is 10.1 Å². The summed E-state index contributed by atoms with van der Waals surface area (Å²) in [6.07, 6.45) is -0.157. The highest BCUT2D eigenvalue weighted by Gasteiger charge is 2.14. The number of anilines is 1. The van der Waals surface area contributed by atoms with Crippen molar-refractivity contribution in [1.29, 1.82) is 0 Å². The van der Waals surface area contributed by atoms with E-state index in [1.54, 1.807) is 0 Å². The lowest BCUT2D eigenvalue weighted by atomic mass is 10.2. The second kappa shape index (κ2) is 6.06. The molecular formula is C9H9N5O4. The molecule has 0 aliphatic carbocycles. The fourth-order valence-corrected chi connectivity index (χ4v) is 1.24. The van der Waals surface area contributed by atoms with Gasteiger partial charge in [0.2, 0.25) is 0 Å². The van der Waals surface area contributed by atoms with Crippen LogP contribution in [0.15, 0.2) is 23.3 Å². The maximum atomic E-state index is 10.8. The Morgan fingerprint density at radius 1 is 1.61 bits per heavy atom. The van der Waals surface area contributed by atoms with Gasteiger partial charge in [-0.15, -0.1) is 0 Å². The van der Waals surface area contributed by atoms with Gasteiger partial charge in [-0.2, -0.15) is 0 Å². The van der Waals surface area contributed by atoms with E-state index >= 15 is 0 Å². The summed E-state index contributed by atoms with van der Waals surface area (Å²) in [5.74, 6) is -1.00. The van der Waals surface area contributed by atoms with Gasteiger partial charge in [-0.1, -0.05) is 11.2 Å². The first-order valence-corrected chi connectivity index (χ1v) is 4.84. The summed E-state index contributed by atoms with van der Waals surface area (Å²) in [6.45, 7) is 0.0665. The molecule has 0 aromatic heterocycles. The molecule has 0 heterocycles. The van der Waals surface area contributed by atoms with Gasteiger partial charge in [0, 0.05) is 23.2 Å². The third-order valence-electron chi connectivity index (χ3n) is 1.99. The van der Waals surface area contributed by atoms with E-state index in [1.165, 1.54) is 12.1 Å². The maximum absolute atomic E-state index is 10.8. The number of carboxylic acid groups (broad SMARTS) is 1. The Morgan fingerprint density at radius 3 is 2.89 bits per heavy atom. The molecule has 0 amide bonds. The number of hydrogen-bond acceptors (Lipinski definition) is 5. The molecule has 1 aromatic carbocycles. The molecule has 1 aromatic rings. The molecule has 0 aliphatic rings. The van der Waals surface area contributed by atoms with Crippen molar-refractivity contribution in [3.63, 3.8) is 0 Å². The zero-order valence-corrected chi connectivity index (χ0v) is 9.11. The summed E-state index contributed by atoms with van der Waals surface area (Å²) < 4.78 is 0. The van der Waals surface area contributed by atoms with Crippen LogP contribution in [0.4, 0.5) is 17.1 Å². The minimum absolute atomic E-state index is 0.0665. The second-order valence-corrected chi connectivity index (χ2v) is 3.22. The first kappa shape index (κ1) is 13.3. The molecule has 1 rings (SSSR count). The number of carbonyl (C=O) groups is 1. The van der Waals surface area contributed by atoms with Gasteiger partial charge in [-0.25, -0.2) is 0 Å². The van der Waals surface area contributed by atoms with Gasteiger partial charge in [0.05, 0.1) is 11.3 Å². The smallest absolute Gasteiger partial charge is 0.305 e. The molecule has 2 N–H and O–H groups in total. The minimum Gasteiger partial charge on any atom is -0.481 e. The van der Waals surface area contributed by atoms with Gasteiger partial charge in [0.25, 0.3) is 5.69 Å². The molecule has 9 nitrogen and oxygen atoms in total. The summed E-state index contributed by atoms with van der Waals surface area (Å²) in [4.78, 5) is 23.0. The fourth-order valence-electron chi connectivity index (χ4n) is 1.24. The number of nitro groups is 1. The molecule has 0 saturated heterocycles. The SMILES string of the molecule is [N-]=[N+]=Nc1ccc(NCCC(=O)O)c([N+](=O)[O-])c1. The molecule has 0 saturated carbocycles. The van der Waals surface area contributed by atoms with E-state index in [4.69, 9.17) is 10.6 Å². The lowest BCUT2D eigenvalue weighted by Crippen LogP contribution is -2.08. The molecular weight excluding hydrogens is 242 g/mol. The van der Waals surface area contributed by atoms with E-state index in [-0.39, 0.29) is 30.0 Å². The Labute approximate surface area is 101 Å². The van der Waals surface area contributed by atoms with E-state index < -0.39 is 10.9 Å². The first-order chi connectivity index (χ1) is 8.54. The third-order valence-corrected chi connectivity index (χ3v) is 1.99. The Hall–Kier alpha value is -2.80. The van der Waals surface area contributed by atoms with Crippen LogP contribution in [0.3, 0.4) is 0 Å². The van der Waals surface area contributed by atoms with Crippen LogP contribution in [0.2, 0.25) is 0 Å². The highest BCUT2D eigenvalue weighted by molar-refractivity contribution is 5.69. The van der Waals surface area contributed by atoms with E-state index in [9.17, 15) is 14.9 Å². The van der Waals surface area contributed by atoms with Gasteiger partial charge in [0.1, 0.15) is 5.69 Å². The van der Waals surface area contributed by atoms with Crippen molar-refractivity contribution >= 4 is 23.0 Å². The Morgan fingerprint density at radius 2 is 2.33 bits per heavy atom. The number of rotatable bonds is 6. The summed E-state index contributed by atoms with van der Waals surface area (Å²) in [5.41, 5.74) is 8.25. The predicted molar refractivity (Wildman–Crippen MR) is 62.6 cm³/mol. The quantitative estimate of drug-likeness (QED) is 0.262. The van der Waals surface area contributed by atoms with Crippen molar-refractivity contribution in [3.8, 4) is 0 Å². The minimum atomic E-state index is -1.00. The number of nitrogens with zero attached hydrogens (tertiary/aromatic N) is 4. The second-order valence-electron chi connectivity index (χ2n) is 3.22. The predicted octanol–water partition coefficient (Wildman–Crippen LogP) is 2.42. The topological polar surface area (TPSA) is 141 Å². The Bertz CT molecular complexity index is 524. The highest BCUT2D eigenvalue weighted by atomic mass is 16.6. The van der Waals surface area contributed by atoms with Crippen molar-refractivity contribution in [2.45, 2.75) is 6.42 Å². The van der Waals surface area contributed by atoms with Crippen molar-refractivity contribution in [2.24, 2.45) is 5.11 Å². The molecule has 0 radical (unpaired) electrons. The van der Waals surface area contributed by atoms with Crippen molar-refractivity contribution in [3.05, 3.63) is 38.8 Å². The normalized spacial score (nSPS) is 9.33. The number of hydrogen-bond donors (Lipinski definition) is 2. The molecule has 0 spiro atoms. The number of nitro benzene ring substituents is 1. The number of nitrogens with one attached hydrogen (secondary N) is 1. The zero-order chi connectivity index (χ0) is 13.5. The summed E-state index contributed by atoms with van der Waals surface area (Å²) in [5, 5.41) is 25.1. The summed E-state index contributed by atoms with van der Waals surface area (Å²) in [6, 6.07) is 3.88. The average molecular weight is 251 g/mol. The molecule has 0 atom stereocenters. The van der Waals surface area contributed by atoms with E-state index in [1.807, 2.05) is 0 Å². The fraction of sp³-hybridized carbons (Fsp3) is 0.222. The Kier molecular flexibility index (Phi) is 4.47. The molecule has 0 bridgehead atoms. The largest absolute Gasteiger partial charge is 0.481 e. The Balaban J connectivity index is 2.93. The molecule has 0 fully saturated rings. The average Bonchev–Trinajstić information content (AvgIpc) is 2.30. The van der Waals surface area contributed by atoms with Gasteiger partial charge in [0.15, 0.2) is 0 Å². The van der Waals surface area contributed by atoms with Crippen LogP contribution in [-0.4, -0.2) is 22.5 Å². The van der Waals surface area contributed by atoms with Gasteiger partial charge >= 0.3 is 5.97 Å². The number of carboxylic acids is 1. The summed E-state index contributed by atoms with van der Waals surface area (Å²) in [7, 11) is 0. The standard InChI is InChI=1S/C9H9N5O4/c10-13-12-6-1-2-7(8(5-6)14(17)18)11-4-3-9(15)16/h1-2,5,11H,3-4H2,(H,15,16). The van der Waals surface area contributed by atoms with Crippen LogP contribution in [0.25, 0.3) is 10.4 Å². The monoisotopic (exact) mass is 251 g/mol. The third kappa shape index (κ3) is 3.65.